The van der Waals surface area contributed by atoms with E-state index in [0.29, 0.717) is 12.2 Å². The van der Waals surface area contributed by atoms with Crippen LogP contribution < -0.4 is 0 Å². The average molecular weight is 246 g/mol. The van der Waals surface area contributed by atoms with E-state index in [2.05, 4.69) is 18.7 Å². The zero-order valence-electron chi connectivity index (χ0n) is 11.3. The van der Waals surface area contributed by atoms with E-state index >= 15 is 0 Å². The first-order chi connectivity index (χ1) is 8.65. The van der Waals surface area contributed by atoms with Crippen molar-refractivity contribution in [3.63, 3.8) is 0 Å². The standard InChI is InChI=1S/C16H22O2/c1-4-13(2)14(3)16(17)18-12-8-11-15-9-6-5-7-10-15/h5-7,9-10,13H,3-4,8,11-12H2,1-2H3. The van der Waals surface area contributed by atoms with Crippen LogP contribution in [0.3, 0.4) is 0 Å². The summed E-state index contributed by atoms with van der Waals surface area (Å²) in [6, 6.07) is 10.2. The highest BCUT2D eigenvalue weighted by Gasteiger charge is 2.13. The first kappa shape index (κ1) is 14.5. The van der Waals surface area contributed by atoms with Gasteiger partial charge in [-0.2, -0.15) is 0 Å². The number of benzene rings is 1. The van der Waals surface area contributed by atoms with Gasteiger partial charge in [0, 0.05) is 5.57 Å². The molecule has 1 aromatic rings. The third kappa shape index (κ3) is 4.74. The molecule has 0 N–H and O–H groups in total. The molecule has 1 unspecified atom stereocenters. The summed E-state index contributed by atoms with van der Waals surface area (Å²) >= 11 is 0. The molecule has 0 saturated heterocycles. The third-order valence-corrected chi connectivity index (χ3v) is 3.16. The minimum Gasteiger partial charge on any atom is -0.462 e. The van der Waals surface area contributed by atoms with E-state index in [4.69, 9.17) is 4.74 Å². The fourth-order valence-electron chi connectivity index (χ4n) is 1.63. The van der Waals surface area contributed by atoms with Crippen LogP contribution in [0.4, 0.5) is 0 Å². The Bertz CT molecular complexity index is 381. The van der Waals surface area contributed by atoms with Crippen molar-refractivity contribution >= 4 is 5.97 Å². The summed E-state index contributed by atoms with van der Waals surface area (Å²) in [5, 5.41) is 0. The maximum atomic E-state index is 11.6. The number of rotatable bonds is 7. The van der Waals surface area contributed by atoms with Crippen LogP contribution in [0.15, 0.2) is 42.5 Å². The smallest absolute Gasteiger partial charge is 0.333 e. The van der Waals surface area contributed by atoms with Gasteiger partial charge in [0.25, 0.3) is 0 Å². The van der Waals surface area contributed by atoms with E-state index in [1.165, 1.54) is 5.56 Å². The highest BCUT2D eigenvalue weighted by Crippen LogP contribution is 2.13. The summed E-state index contributed by atoms with van der Waals surface area (Å²) in [6.07, 6.45) is 2.70. The quantitative estimate of drug-likeness (QED) is 0.416. The lowest BCUT2D eigenvalue weighted by atomic mass is 10.0. The van der Waals surface area contributed by atoms with Gasteiger partial charge in [-0.1, -0.05) is 50.8 Å². The van der Waals surface area contributed by atoms with E-state index in [1.807, 2.05) is 32.0 Å². The minimum absolute atomic E-state index is 0.201. The summed E-state index contributed by atoms with van der Waals surface area (Å²) < 4.78 is 5.21. The fraction of sp³-hybridized carbons (Fsp3) is 0.438. The van der Waals surface area contributed by atoms with Crippen LogP contribution in [-0.4, -0.2) is 12.6 Å². The Morgan fingerprint density at radius 2 is 2.00 bits per heavy atom. The molecular formula is C16H22O2. The first-order valence-corrected chi connectivity index (χ1v) is 6.55. The number of hydrogen-bond acceptors (Lipinski definition) is 2. The van der Waals surface area contributed by atoms with Gasteiger partial charge in [0.05, 0.1) is 6.61 Å². The van der Waals surface area contributed by atoms with Crippen LogP contribution in [0.1, 0.15) is 32.3 Å². The Morgan fingerprint density at radius 1 is 1.33 bits per heavy atom. The predicted octanol–water partition coefficient (Wildman–Crippen LogP) is 3.76. The number of carbonyl (C=O) groups is 1. The number of hydrogen-bond donors (Lipinski definition) is 0. The summed E-state index contributed by atoms with van der Waals surface area (Å²) in [5.74, 6) is -0.0518. The number of aryl methyl sites for hydroxylation is 1. The van der Waals surface area contributed by atoms with E-state index in [0.717, 1.165) is 19.3 Å². The number of ether oxygens (including phenoxy) is 1. The van der Waals surface area contributed by atoms with Gasteiger partial charge in [-0.05, 0) is 30.7 Å². The zero-order valence-corrected chi connectivity index (χ0v) is 11.3. The van der Waals surface area contributed by atoms with Gasteiger partial charge in [0.1, 0.15) is 0 Å². The molecule has 2 nitrogen and oxygen atoms in total. The molecule has 0 heterocycles. The molecule has 0 aromatic heterocycles. The first-order valence-electron chi connectivity index (χ1n) is 6.55. The molecule has 0 bridgehead atoms. The second kappa shape index (κ2) is 7.70. The van der Waals surface area contributed by atoms with Gasteiger partial charge < -0.3 is 4.74 Å². The SMILES string of the molecule is C=C(C(=O)OCCCc1ccccc1)C(C)CC. The van der Waals surface area contributed by atoms with Crippen molar-refractivity contribution in [2.24, 2.45) is 5.92 Å². The monoisotopic (exact) mass is 246 g/mol. The molecule has 18 heavy (non-hydrogen) atoms. The van der Waals surface area contributed by atoms with Gasteiger partial charge >= 0.3 is 5.97 Å². The molecule has 0 spiro atoms. The Balaban J connectivity index is 2.22. The van der Waals surface area contributed by atoms with Crippen LogP contribution in [0.5, 0.6) is 0 Å². The Kier molecular flexibility index (Phi) is 6.20. The molecule has 0 aliphatic carbocycles. The molecule has 1 aromatic carbocycles. The molecule has 0 aliphatic heterocycles. The molecule has 0 amide bonds. The lowest BCUT2D eigenvalue weighted by Crippen LogP contribution is -2.13. The molecule has 0 aliphatic rings. The van der Waals surface area contributed by atoms with Gasteiger partial charge in [-0.3, -0.25) is 0 Å². The highest BCUT2D eigenvalue weighted by molar-refractivity contribution is 5.88. The van der Waals surface area contributed by atoms with Gasteiger partial charge in [-0.15, -0.1) is 0 Å². The van der Waals surface area contributed by atoms with E-state index in [1.54, 1.807) is 0 Å². The fourth-order valence-corrected chi connectivity index (χ4v) is 1.63. The van der Waals surface area contributed by atoms with Gasteiger partial charge in [0.15, 0.2) is 0 Å². The average Bonchev–Trinajstić information content (AvgIpc) is 2.42. The van der Waals surface area contributed by atoms with Crippen LogP contribution in [-0.2, 0) is 16.0 Å². The molecule has 0 radical (unpaired) electrons. The topological polar surface area (TPSA) is 26.3 Å². The summed E-state index contributed by atoms with van der Waals surface area (Å²) in [4.78, 5) is 11.6. The third-order valence-electron chi connectivity index (χ3n) is 3.16. The number of esters is 1. The van der Waals surface area contributed by atoms with Crippen molar-refractivity contribution in [3.05, 3.63) is 48.0 Å². The minimum atomic E-state index is -0.252. The van der Waals surface area contributed by atoms with Crippen molar-refractivity contribution in [2.45, 2.75) is 33.1 Å². The van der Waals surface area contributed by atoms with Crippen LogP contribution in [0.25, 0.3) is 0 Å². The molecular weight excluding hydrogens is 224 g/mol. The maximum Gasteiger partial charge on any atom is 0.333 e. The van der Waals surface area contributed by atoms with Crippen molar-refractivity contribution < 1.29 is 9.53 Å². The molecule has 1 rings (SSSR count). The number of carbonyl (C=O) groups excluding carboxylic acids is 1. The molecule has 0 fully saturated rings. The lowest BCUT2D eigenvalue weighted by Gasteiger charge is -2.11. The lowest BCUT2D eigenvalue weighted by molar-refractivity contribution is -0.139. The van der Waals surface area contributed by atoms with Gasteiger partial charge in [0.2, 0.25) is 0 Å². The van der Waals surface area contributed by atoms with Crippen LogP contribution >= 0.6 is 0 Å². The largest absolute Gasteiger partial charge is 0.462 e. The Hall–Kier alpha value is -1.57. The highest BCUT2D eigenvalue weighted by atomic mass is 16.5. The summed E-state index contributed by atoms with van der Waals surface area (Å²) in [6.45, 7) is 8.28. The molecule has 0 saturated carbocycles. The Morgan fingerprint density at radius 3 is 2.61 bits per heavy atom. The van der Waals surface area contributed by atoms with E-state index < -0.39 is 0 Å². The Labute approximate surface area is 110 Å². The zero-order chi connectivity index (χ0) is 13.4. The second-order valence-electron chi connectivity index (χ2n) is 4.56. The predicted molar refractivity (Wildman–Crippen MR) is 74.3 cm³/mol. The summed E-state index contributed by atoms with van der Waals surface area (Å²) in [7, 11) is 0. The maximum absolute atomic E-state index is 11.6. The molecule has 2 heteroatoms. The van der Waals surface area contributed by atoms with Crippen molar-refractivity contribution in [3.8, 4) is 0 Å². The van der Waals surface area contributed by atoms with Gasteiger partial charge in [-0.25, -0.2) is 4.79 Å². The van der Waals surface area contributed by atoms with E-state index in [9.17, 15) is 4.79 Å². The second-order valence-corrected chi connectivity index (χ2v) is 4.56. The van der Waals surface area contributed by atoms with Crippen molar-refractivity contribution in [1.82, 2.24) is 0 Å². The molecule has 1 atom stereocenters. The van der Waals surface area contributed by atoms with E-state index in [-0.39, 0.29) is 11.9 Å². The molecule has 98 valence electrons. The van der Waals surface area contributed by atoms with Crippen LogP contribution in [0, 0.1) is 5.92 Å². The van der Waals surface area contributed by atoms with Crippen molar-refractivity contribution in [2.75, 3.05) is 6.61 Å². The van der Waals surface area contributed by atoms with Crippen LogP contribution in [0.2, 0.25) is 0 Å². The van der Waals surface area contributed by atoms with Crippen molar-refractivity contribution in [1.29, 1.82) is 0 Å². The normalized spacial score (nSPS) is 11.9. The summed E-state index contributed by atoms with van der Waals surface area (Å²) in [5.41, 5.74) is 1.85.